The quantitative estimate of drug-likeness (QED) is 0.592. The number of carbonyl (C=O) groups is 2. The molecule has 1 heterocycles. The van der Waals surface area contributed by atoms with E-state index < -0.39 is 5.41 Å². The first-order chi connectivity index (χ1) is 13.0. The van der Waals surface area contributed by atoms with Gasteiger partial charge >= 0.3 is 0 Å². The van der Waals surface area contributed by atoms with E-state index in [1.54, 1.807) is 12.1 Å². The van der Waals surface area contributed by atoms with E-state index in [2.05, 4.69) is 10.3 Å². The average molecular weight is 397 g/mol. The van der Waals surface area contributed by atoms with E-state index >= 15 is 0 Å². The van der Waals surface area contributed by atoms with Crippen molar-refractivity contribution >= 4 is 39.8 Å². The van der Waals surface area contributed by atoms with Gasteiger partial charge in [-0.25, -0.2) is 4.98 Å². The van der Waals surface area contributed by atoms with Crippen molar-refractivity contribution in [3.05, 3.63) is 70.1 Å². The molecule has 6 heteroatoms. The Morgan fingerprint density at radius 1 is 1.07 bits per heavy atom. The maximum Gasteiger partial charge on any atom is 0.236 e. The van der Waals surface area contributed by atoms with E-state index in [1.165, 1.54) is 18.3 Å². The number of carbonyl (C=O) groups excluding carboxylic acids is 2. The van der Waals surface area contributed by atoms with Crippen molar-refractivity contribution < 1.29 is 9.59 Å². The van der Waals surface area contributed by atoms with Crippen molar-refractivity contribution in [2.75, 3.05) is 5.32 Å². The van der Waals surface area contributed by atoms with Crippen LogP contribution in [0.3, 0.4) is 0 Å². The molecule has 27 heavy (non-hydrogen) atoms. The molecule has 0 bridgehead atoms. The van der Waals surface area contributed by atoms with Crippen LogP contribution in [0, 0.1) is 0 Å². The summed E-state index contributed by atoms with van der Waals surface area (Å²) >= 11 is 7.18. The van der Waals surface area contributed by atoms with Gasteiger partial charge in [-0.15, -0.1) is 0 Å². The molecular weight excluding hydrogens is 380 g/mol. The SMILES string of the molecule is CC(=O)c1sc(NC(=O)C2(c3ccc(Cl)cc3)CC2)nc1-c1ccccc1. The second-order valence-corrected chi connectivity index (χ2v) is 8.10. The first-order valence-corrected chi connectivity index (χ1v) is 9.84. The molecule has 1 amide bonds. The third-order valence-corrected chi connectivity index (χ3v) is 6.12. The first kappa shape index (κ1) is 17.9. The summed E-state index contributed by atoms with van der Waals surface area (Å²) < 4.78 is 0. The summed E-state index contributed by atoms with van der Waals surface area (Å²) in [7, 11) is 0. The van der Waals surface area contributed by atoms with Crippen molar-refractivity contribution in [3.63, 3.8) is 0 Å². The number of anilines is 1. The Morgan fingerprint density at radius 2 is 1.74 bits per heavy atom. The van der Waals surface area contributed by atoms with E-state index in [0.29, 0.717) is 20.7 Å². The molecule has 2 aromatic carbocycles. The number of rotatable bonds is 5. The molecule has 3 aromatic rings. The van der Waals surface area contributed by atoms with Crippen LogP contribution < -0.4 is 5.32 Å². The van der Waals surface area contributed by atoms with Gasteiger partial charge in [-0.3, -0.25) is 9.59 Å². The zero-order valence-corrected chi connectivity index (χ0v) is 16.2. The summed E-state index contributed by atoms with van der Waals surface area (Å²) in [6.07, 6.45) is 1.58. The highest BCUT2D eigenvalue weighted by Crippen LogP contribution is 2.49. The minimum absolute atomic E-state index is 0.0642. The number of nitrogens with zero attached hydrogens (tertiary/aromatic N) is 1. The molecule has 1 aliphatic rings. The number of Topliss-reactive ketones (excluding diaryl/α,β-unsaturated/α-hetero) is 1. The zero-order chi connectivity index (χ0) is 19.0. The van der Waals surface area contributed by atoms with Gasteiger partial charge in [-0.05, 0) is 30.5 Å². The van der Waals surface area contributed by atoms with E-state index in [1.807, 2.05) is 42.5 Å². The predicted octanol–water partition coefficient (Wildman–Crippen LogP) is 5.34. The van der Waals surface area contributed by atoms with Crippen molar-refractivity contribution in [2.45, 2.75) is 25.2 Å². The molecule has 4 rings (SSSR count). The molecule has 0 saturated heterocycles. The van der Waals surface area contributed by atoms with Gasteiger partial charge in [0.05, 0.1) is 16.0 Å². The Bertz CT molecular complexity index is 1010. The van der Waals surface area contributed by atoms with Gasteiger partial charge in [-0.1, -0.05) is 65.4 Å². The van der Waals surface area contributed by atoms with E-state index in [0.717, 1.165) is 24.0 Å². The van der Waals surface area contributed by atoms with Crippen LogP contribution in [0.5, 0.6) is 0 Å². The highest BCUT2D eigenvalue weighted by atomic mass is 35.5. The number of ketones is 1. The molecule has 1 aromatic heterocycles. The Morgan fingerprint density at radius 3 is 2.33 bits per heavy atom. The van der Waals surface area contributed by atoms with Gasteiger partial charge in [-0.2, -0.15) is 0 Å². The number of nitrogens with one attached hydrogen (secondary N) is 1. The van der Waals surface area contributed by atoms with Crippen LogP contribution in [0.2, 0.25) is 5.02 Å². The molecule has 4 nitrogen and oxygen atoms in total. The zero-order valence-electron chi connectivity index (χ0n) is 14.7. The lowest BCUT2D eigenvalue weighted by Gasteiger charge is -2.14. The number of aromatic nitrogens is 1. The number of hydrogen-bond acceptors (Lipinski definition) is 4. The van der Waals surface area contributed by atoms with E-state index in [-0.39, 0.29) is 11.7 Å². The van der Waals surface area contributed by atoms with Crippen molar-refractivity contribution in [1.82, 2.24) is 4.98 Å². The third kappa shape index (κ3) is 3.40. The molecule has 0 aliphatic heterocycles. The van der Waals surface area contributed by atoms with Gasteiger partial charge < -0.3 is 5.32 Å². The van der Waals surface area contributed by atoms with Crippen molar-refractivity contribution in [1.29, 1.82) is 0 Å². The normalized spacial score (nSPS) is 14.6. The van der Waals surface area contributed by atoms with Gasteiger partial charge in [0.1, 0.15) is 0 Å². The monoisotopic (exact) mass is 396 g/mol. The highest BCUT2D eigenvalue weighted by Gasteiger charge is 2.51. The van der Waals surface area contributed by atoms with Crippen LogP contribution in [0.25, 0.3) is 11.3 Å². The fraction of sp³-hybridized carbons (Fsp3) is 0.190. The number of hydrogen-bond donors (Lipinski definition) is 1. The number of benzene rings is 2. The number of thiazole rings is 1. The van der Waals surface area contributed by atoms with Crippen LogP contribution in [-0.4, -0.2) is 16.7 Å². The van der Waals surface area contributed by atoms with Crippen LogP contribution >= 0.6 is 22.9 Å². The molecule has 136 valence electrons. The highest BCUT2D eigenvalue weighted by molar-refractivity contribution is 7.18. The molecule has 0 spiro atoms. The standard InChI is InChI=1S/C21H17ClN2O2S/c1-13(25)18-17(14-5-3-2-4-6-14)23-20(27-18)24-19(26)21(11-12-21)15-7-9-16(22)10-8-15/h2-10H,11-12H2,1H3,(H,23,24,26). The topological polar surface area (TPSA) is 59.1 Å². The average Bonchev–Trinajstić information content (AvgIpc) is 3.37. The second-order valence-electron chi connectivity index (χ2n) is 6.66. The number of halogens is 1. The van der Waals surface area contributed by atoms with Crippen LogP contribution in [0.1, 0.15) is 35.0 Å². The Kier molecular flexibility index (Phi) is 4.58. The summed E-state index contributed by atoms with van der Waals surface area (Å²) in [6, 6.07) is 16.9. The summed E-state index contributed by atoms with van der Waals surface area (Å²) in [5.74, 6) is -0.154. The van der Waals surface area contributed by atoms with Gasteiger partial charge in [0, 0.05) is 17.5 Å². The fourth-order valence-corrected chi connectivity index (χ4v) is 4.17. The molecular formula is C21H17ClN2O2S. The summed E-state index contributed by atoms with van der Waals surface area (Å²) in [4.78, 5) is 30.1. The largest absolute Gasteiger partial charge is 0.301 e. The minimum atomic E-state index is -0.528. The predicted molar refractivity (Wildman–Crippen MR) is 109 cm³/mol. The summed E-state index contributed by atoms with van der Waals surface area (Å²) in [6.45, 7) is 1.52. The molecule has 1 fully saturated rings. The van der Waals surface area contributed by atoms with Gasteiger partial charge in [0.2, 0.25) is 5.91 Å². The fourth-order valence-electron chi connectivity index (χ4n) is 3.16. The number of amides is 1. The maximum absolute atomic E-state index is 12.9. The Hall–Kier alpha value is -2.50. The molecule has 0 radical (unpaired) electrons. The van der Waals surface area contributed by atoms with E-state index in [9.17, 15) is 9.59 Å². The summed E-state index contributed by atoms with van der Waals surface area (Å²) in [5, 5.41) is 4.02. The van der Waals surface area contributed by atoms with Crippen molar-refractivity contribution in [3.8, 4) is 11.3 Å². The first-order valence-electron chi connectivity index (χ1n) is 8.64. The lowest BCUT2D eigenvalue weighted by atomic mass is 9.95. The molecule has 0 atom stereocenters. The van der Waals surface area contributed by atoms with Crippen LogP contribution in [0.15, 0.2) is 54.6 Å². The smallest absolute Gasteiger partial charge is 0.236 e. The van der Waals surface area contributed by atoms with Crippen LogP contribution in [0.4, 0.5) is 5.13 Å². The minimum Gasteiger partial charge on any atom is -0.301 e. The van der Waals surface area contributed by atoms with Gasteiger partial charge in [0.15, 0.2) is 10.9 Å². The molecule has 1 N–H and O–H groups in total. The lowest BCUT2D eigenvalue weighted by Crippen LogP contribution is -2.27. The lowest BCUT2D eigenvalue weighted by molar-refractivity contribution is -0.118. The van der Waals surface area contributed by atoms with Crippen LogP contribution in [-0.2, 0) is 10.2 Å². The van der Waals surface area contributed by atoms with Crippen molar-refractivity contribution in [2.24, 2.45) is 0 Å². The summed E-state index contributed by atoms with van der Waals surface area (Å²) in [5.41, 5.74) is 1.90. The second kappa shape index (κ2) is 6.91. The molecule has 1 aliphatic carbocycles. The molecule has 0 unspecified atom stereocenters. The molecule has 1 saturated carbocycles. The van der Waals surface area contributed by atoms with Gasteiger partial charge in [0.25, 0.3) is 0 Å². The van der Waals surface area contributed by atoms with E-state index in [4.69, 9.17) is 11.6 Å². The Labute approximate surface area is 166 Å². The third-order valence-electron chi connectivity index (χ3n) is 4.80. The maximum atomic E-state index is 12.9. The Balaban J connectivity index is 1.62.